The van der Waals surface area contributed by atoms with Crippen LogP contribution in [0.15, 0.2) is 15.9 Å². The number of hydrogen-bond donors (Lipinski definition) is 2. The molecule has 0 aliphatic rings. The summed E-state index contributed by atoms with van der Waals surface area (Å²) in [4.78, 5) is 1.32. The van der Waals surface area contributed by atoms with Gasteiger partial charge in [-0.05, 0) is 34.3 Å². The fraction of sp³-hybridized carbons (Fsp3) is 0.636. The number of halogens is 1. The topological polar surface area (TPSA) is 32.3 Å². The van der Waals surface area contributed by atoms with Gasteiger partial charge in [-0.15, -0.1) is 11.3 Å². The number of rotatable bonds is 6. The second-order valence-corrected chi connectivity index (χ2v) is 5.89. The molecule has 1 unspecified atom stereocenters. The van der Waals surface area contributed by atoms with Gasteiger partial charge in [0, 0.05) is 33.9 Å². The first kappa shape index (κ1) is 13.2. The molecule has 0 bridgehead atoms. The van der Waals surface area contributed by atoms with Crippen LogP contribution in [-0.4, -0.2) is 17.8 Å². The maximum Gasteiger partial charge on any atom is 0.0445 e. The molecule has 0 amide bonds. The summed E-state index contributed by atoms with van der Waals surface area (Å²) >= 11 is 5.19. The van der Waals surface area contributed by atoms with Crippen LogP contribution in [0.3, 0.4) is 0 Å². The van der Waals surface area contributed by atoms with Gasteiger partial charge in [-0.2, -0.15) is 0 Å². The molecule has 0 saturated heterocycles. The lowest BCUT2D eigenvalue weighted by Crippen LogP contribution is -2.33. The zero-order valence-electron chi connectivity index (χ0n) is 9.16. The average molecular weight is 292 g/mol. The fourth-order valence-electron chi connectivity index (χ4n) is 1.49. The minimum absolute atomic E-state index is 0.254. The van der Waals surface area contributed by atoms with Gasteiger partial charge in [0.25, 0.3) is 0 Å². The Morgan fingerprint density at radius 2 is 2.27 bits per heavy atom. The van der Waals surface area contributed by atoms with Crippen molar-refractivity contribution < 1.29 is 5.11 Å². The van der Waals surface area contributed by atoms with Gasteiger partial charge < -0.3 is 10.4 Å². The molecule has 2 N–H and O–H groups in total. The van der Waals surface area contributed by atoms with Crippen molar-refractivity contribution >= 4 is 27.3 Å². The zero-order valence-corrected chi connectivity index (χ0v) is 11.6. The molecule has 86 valence electrons. The Hall–Kier alpha value is 0.1000. The second kappa shape index (κ2) is 6.63. The van der Waals surface area contributed by atoms with E-state index in [1.54, 1.807) is 11.3 Å². The predicted octanol–water partition coefficient (Wildman–Crippen LogP) is 3.01. The summed E-state index contributed by atoms with van der Waals surface area (Å²) in [6.07, 6.45) is 0.824. The van der Waals surface area contributed by atoms with E-state index in [1.165, 1.54) is 4.88 Å². The van der Waals surface area contributed by atoms with Crippen molar-refractivity contribution in [3.8, 4) is 0 Å². The molecule has 4 heteroatoms. The van der Waals surface area contributed by atoms with Crippen molar-refractivity contribution in [3.63, 3.8) is 0 Å². The van der Waals surface area contributed by atoms with Crippen LogP contribution in [0.4, 0.5) is 0 Å². The van der Waals surface area contributed by atoms with Gasteiger partial charge in [-0.1, -0.05) is 13.8 Å². The first-order valence-corrected chi connectivity index (χ1v) is 6.88. The largest absolute Gasteiger partial charge is 0.396 e. The normalized spacial score (nSPS) is 13.4. The molecule has 15 heavy (non-hydrogen) atoms. The molecule has 0 aromatic carbocycles. The molecule has 0 radical (unpaired) electrons. The van der Waals surface area contributed by atoms with Crippen molar-refractivity contribution in [2.24, 2.45) is 5.92 Å². The lowest BCUT2D eigenvalue weighted by atomic mass is 10.0. The van der Waals surface area contributed by atoms with Crippen molar-refractivity contribution in [2.75, 3.05) is 6.61 Å². The Morgan fingerprint density at radius 3 is 2.73 bits per heavy atom. The van der Waals surface area contributed by atoms with E-state index in [9.17, 15) is 0 Å². The Morgan fingerprint density at radius 1 is 1.53 bits per heavy atom. The molecule has 2 nitrogen and oxygen atoms in total. The lowest BCUT2D eigenvalue weighted by Gasteiger charge is -2.21. The van der Waals surface area contributed by atoms with Gasteiger partial charge in [0.1, 0.15) is 0 Å². The minimum Gasteiger partial charge on any atom is -0.396 e. The van der Waals surface area contributed by atoms with E-state index in [1.807, 2.05) is 0 Å². The summed E-state index contributed by atoms with van der Waals surface area (Å²) in [5.74, 6) is 0.556. The smallest absolute Gasteiger partial charge is 0.0445 e. The molecule has 1 aromatic heterocycles. The number of aliphatic hydroxyl groups is 1. The minimum atomic E-state index is 0.254. The first-order chi connectivity index (χ1) is 7.13. The summed E-state index contributed by atoms with van der Waals surface area (Å²) in [6, 6.07) is 2.53. The molecule has 0 aliphatic heterocycles. The van der Waals surface area contributed by atoms with Crippen molar-refractivity contribution in [3.05, 3.63) is 20.8 Å². The summed E-state index contributed by atoms with van der Waals surface area (Å²) < 4.78 is 1.15. The monoisotopic (exact) mass is 291 g/mol. The molecular weight excluding hydrogens is 274 g/mol. The van der Waals surface area contributed by atoms with Crippen LogP contribution in [0.25, 0.3) is 0 Å². The first-order valence-electron chi connectivity index (χ1n) is 5.20. The Balaban J connectivity index is 2.39. The average Bonchev–Trinajstić information content (AvgIpc) is 2.58. The van der Waals surface area contributed by atoms with Crippen LogP contribution in [0.2, 0.25) is 0 Å². The number of thiophene rings is 1. The predicted molar refractivity (Wildman–Crippen MR) is 69.2 cm³/mol. The van der Waals surface area contributed by atoms with Crippen LogP contribution >= 0.6 is 27.3 Å². The molecule has 0 saturated carbocycles. The Kier molecular flexibility index (Phi) is 5.82. The van der Waals surface area contributed by atoms with Crippen LogP contribution in [0, 0.1) is 5.92 Å². The number of hydrogen-bond acceptors (Lipinski definition) is 3. The number of aliphatic hydroxyl groups excluding tert-OH is 1. The molecule has 1 aromatic rings. The molecule has 0 fully saturated rings. The van der Waals surface area contributed by atoms with Gasteiger partial charge in [-0.25, -0.2) is 0 Å². The second-order valence-electron chi connectivity index (χ2n) is 3.97. The highest BCUT2D eigenvalue weighted by Crippen LogP contribution is 2.20. The maximum atomic E-state index is 8.94. The highest BCUT2D eigenvalue weighted by molar-refractivity contribution is 9.10. The Bertz CT molecular complexity index is 288. The number of nitrogens with one attached hydrogen (secondary N) is 1. The summed E-state index contributed by atoms with van der Waals surface area (Å²) in [6.45, 7) is 5.50. The van der Waals surface area contributed by atoms with Gasteiger partial charge in [0.2, 0.25) is 0 Å². The lowest BCUT2D eigenvalue weighted by molar-refractivity contribution is 0.244. The van der Waals surface area contributed by atoms with Gasteiger partial charge in [0.05, 0.1) is 0 Å². The molecule has 1 atom stereocenters. The summed E-state index contributed by atoms with van der Waals surface area (Å²) in [5, 5.41) is 14.5. The Labute approximate surface area is 104 Å². The van der Waals surface area contributed by atoms with Crippen molar-refractivity contribution in [2.45, 2.75) is 32.9 Å². The third kappa shape index (κ3) is 4.64. The molecular formula is C11H18BrNOS. The fourth-order valence-corrected chi connectivity index (χ4v) is 2.89. The van der Waals surface area contributed by atoms with E-state index in [-0.39, 0.29) is 6.61 Å². The van der Waals surface area contributed by atoms with Crippen LogP contribution in [-0.2, 0) is 6.54 Å². The van der Waals surface area contributed by atoms with E-state index < -0.39 is 0 Å². The molecule has 0 spiro atoms. The quantitative estimate of drug-likeness (QED) is 0.845. The van der Waals surface area contributed by atoms with E-state index in [0.29, 0.717) is 12.0 Å². The van der Waals surface area contributed by atoms with Crippen molar-refractivity contribution in [1.82, 2.24) is 5.32 Å². The standard InChI is InChI=1S/C11H18BrNOS/c1-8(2)11(3-4-14)13-6-10-5-9(12)7-15-10/h5,7-8,11,13-14H,3-4,6H2,1-2H3. The molecule has 1 heterocycles. The summed E-state index contributed by atoms with van der Waals surface area (Å²) in [7, 11) is 0. The van der Waals surface area contributed by atoms with E-state index in [4.69, 9.17) is 5.11 Å². The van der Waals surface area contributed by atoms with Gasteiger partial charge in [-0.3, -0.25) is 0 Å². The van der Waals surface area contributed by atoms with Crippen LogP contribution < -0.4 is 5.32 Å². The van der Waals surface area contributed by atoms with Gasteiger partial charge in [0.15, 0.2) is 0 Å². The molecule has 1 rings (SSSR count). The maximum absolute atomic E-state index is 8.94. The SMILES string of the molecule is CC(C)C(CCO)NCc1cc(Br)cs1. The van der Waals surface area contributed by atoms with E-state index >= 15 is 0 Å². The van der Waals surface area contributed by atoms with Crippen LogP contribution in [0.5, 0.6) is 0 Å². The summed E-state index contributed by atoms with van der Waals surface area (Å²) in [5.41, 5.74) is 0. The highest BCUT2D eigenvalue weighted by atomic mass is 79.9. The van der Waals surface area contributed by atoms with Gasteiger partial charge >= 0.3 is 0 Å². The third-order valence-corrected chi connectivity index (χ3v) is 4.10. The highest BCUT2D eigenvalue weighted by Gasteiger charge is 2.12. The molecule has 0 aliphatic carbocycles. The zero-order chi connectivity index (χ0) is 11.3. The third-order valence-electron chi connectivity index (χ3n) is 2.41. The van der Waals surface area contributed by atoms with Crippen molar-refractivity contribution in [1.29, 1.82) is 0 Å². The van der Waals surface area contributed by atoms with E-state index in [0.717, 1.165) is 17.4 Å². The van der Waals surface area contributed by atoms with Crippen LogP contribution in [0.1, 0.15) is 25.1 Å². The van der Waals surface area contributed by atoms with E-state index in [2.05, 4.69) is 46.5 Å².